The van der Waals surface area contributed by atoms with Crippen molar-refractivity contribution in [2.45, 2.75) is 106 Å². The van der Waals surface area contributed by atoms with Crippen molar-refractivity contribution in [3.8, 4) is 11.5 Å². The van der Waals surface area contributed by atoms with Crippen LogP contribution < -0.4 is 35.0 Å². The third kappa shape index (κ3) is 5.77. The highest BCUT2D eigenvalue weighted by Gasteiger charge is 2.46. The van der Waals surface area contributed by atoms with E-state index in [1.807, 2.05) is 11.3 Å². The number of ether oxygens (including phenoxy) is 2. The number of fused-ring (bicyclic) bond motifs is 7. The van der Waals surface area contributed by atoms with Crippen LogP contribution in [-0.4, -0.2) is 19.9 Å². The molecule has 3 aliphatic rings. The van der Waals surface area contributed by atoms with Gasteiger partial charge in [-0.3, -0.25) is 0 Å². The molecular weight excluding hydrogens is 703 g/mol. The van der Waals surface area contributed by atoms with Crippen molar-refractivity contribution in [1.82, 2.24) is 0 Å². The van der Waals surface area contributed by atoms with Crippen LogP contribution in [0.25, 0.3) is 10.1 Å². The molecule has 6 heteroatoms. The zero-order valence-corrected chi connectivity index (χ0v) is 36.1. The first kappa shape index (κ1) is 36.9. The van der Waals surface area contributed by atoms with Crippen LogP contribution in [-0.2, 0) is 16.2 Å². The molecule has 0 amide bonds. The molecule has 0 aliphatic carbocycles. The zero-order chi connectivity index (χ0) is 39.6. The van der Waals surface area contributed by atoms with Gasteiger partial charge in [0.2, 0.25) is 0 Å². The van der Waals surface area contributed by atoms with E-state index in [1.165, 1.54) is 87.7 Å². The van der Waals surface area contributed by atoms with E-state index in [1.54, 1.807) is 0 Å². The second-order valence-electron chi connectivity index (χ2n) is 19.5. The minimum absolute atomic E-state index is 0.00591. The monoisotopic (exact) mass is 758 g/mol. The van der Waals surface area contributed by atoms with Crippen LogP contribution in [0.5, 0.6) is 11.5 Å². The Kier molecular flexibility index (Phi) is 8.35. The number of benzene rings is 5. The molecular formula is C50H55BN2O2S. The molecule has 5 aromatic carbocycles. The first-order valence-electron chi connectivity index (χ1n) is 20.4. The van der Waals surface area contributed by atoms with Crippen LogP contribution in [0, 0.1) is 20.8 Å². The summed E-state index contributed by atoms with van der Waals surface area (Å²) in [7, 11) is 0. The fraction of sp³-hybridized carbons (Fsp3) is 0.360. The molecule has 0 spiro atoms. The molecule has 0 fully saturated rings. The fourth-order valence-corrected chi connectivity index (χ4v) is 10.4. The Morgan fingerprint density at radius 1 is 0.607 bits per heavy atom. The molecule has 0 N–H and O–H groups in total. The van der Waals surface area contributed by atoms with Crippen LogP contribution in [0.15, 0.2) is 78.9 Å². The number of nitrogens with zero attached hydrogens (tertiary/aromatic N) is 2. The van der Waals surface area contributed by atoms with E-state index in [4.69, 9.17) is 9.47 Å². The summed E-state index contributed by atoms with van der Waals surface area (Å²) in [5.74, 6) is 1.71. The number of hydrogen-bond donors (Lipinski definition) is 0. The second-order valence-corrected chi connectivity index (χ2v) is 20.5. The number of aryl methyl sites for hydroxylation is 2. The van der Waals surface area contributed by atoms with Crippen molar-refractivity contribution in [2.24, 2.45) is 0 Å². The van der Waals surface area contributed by atoms with Crippen LogP contribution in [0.4, 0.5) is 34.1 Å². The van der Waals surface area contributed by atoms with Gasteiger partial charge in [0, 0.05) is 49.6 Å². The first-order valence-corrected chi connectivity index (χ1v) is 21.2. The molecule has 0 radical (unpaired) electrons. The Balaban J connectivity index is 1.41. The van der Waals surface area contributed by atoms with Crippen molar-refractivity contribution < 1.29 is 9.47 Å². The first-order chi connectivity index (χ1) is 26.4. The van der Waals surface area contributed by atoms with Gasteiger partial charge >= 0.3 is 0 Å². The summed E-state index contributed by atoms with van der Waals surface area (Å²) in [6.45, 7) is 28.9. The number of hydrogen-bond acceptors (Lipinski definition) is 5. The maximum atomic E-state index is 6.52. The standard InChI is InChI=1S/C50H55BN2O2S/c1-29-24-39-43-40(25-29)53(44-30(2)26-41-46(31(44)3)55-23-13-22-54-41)45-36-27-33(49(7,8)9)17-21-42(36)56-47(45)51(43)37-28-34(50(10,11)12)16-20-38(37)52(39)35-18-14-32(15-19-35)48(4,5)6/h14-21,24-28H,13,22-23H2,1-12H3. The minimum Gasteiger partial charge on any atom is -0.490 e. The topological polar surface area (TPSA) is 24.9 Å². The van der Waals surface area contributed by atoms with Crippen molar-refractivity contribution >= 4 is 78.0 Å². The number of anilines is 6. The van der Waals surface area contributed by atoms with E-state index in [2.05, 4.69) is 172 Å². The Morgan fingerprint density at radius 2 is 1.21 bits per heavy atom. The highest BCUT2D eigenvalue weighted by molar-refractivity contribution is 7.33. The van der Waals surface area contributed by atoms with E-state index in [0.29, 0.717) is 13.2 Å². The zero-order valence-electron chi connectivity index (χ0n) is 35.3. The lowest BCUT2D eigenvalue weighted by Crippen LogP contribution is -2.60. The van der Waals surface area contributed by atoms with Gasteiger partial charge in [-0.1, -0.05) is 92.6 Å². The van der Waals surface area contributed by atoms with Crippen molar-refractivity contribution in [1.29, 1.82) is 0 Å². The van der Waals surface area contributed by atoms with Crippen LogP contribution >= 0.6 is 11.3 Å². The van der Waals surface area contributed by atoms with Gasteiger partial charge in [-0.25, -0.2) is 0 Å². The van der Waals surface area contributed by atoms with E-state index < -0.39 is 0 Å². The smallest absolute Gasteiger partial charge is 0.264 e. The molecule has 4 nitrogen and oxygen atoms in total. The van der Waals surface area contributed by atoms with E-state index in [-0.39, 0.29) is 23.0 Å². The second kappa shape index (κ2) is 12.7. The van der Waals surface area contributed by atoms with Crippen LogP contribution in [0.3, 0.4) is 0 Å². The Bertz CT molecular complexity index is 2560. The third-order valence-corrected chi connectivity index (χ3v) is 13.4. The predicted molar refractivity (Wildman–Crippen MR) is 242 cm³/mol. The normalized spacial score (nSPS) is 15.1. The molecule has 286 valence electrons. The molecule has 56 heavy (non-hydrogen) atoms. The summed E-state index contributed by atoms with van der Waals surface area (Å²) in [5.41, 5.74) is 17.7. The Hall–Kier alpha value is -4.68. The average molecular weight is 759 g/mol. The lowest BCUT2D eigenvalue weighted by atomic mass is 9.36. The van der Waals surface area contributed by atoms with Gasteiger partial charge in [-0.15, -0.1) is 11.3 Å². The lowest BCUT2D eigenvalue weighted by molar-refractivity contribution is 0.296. The molecule has 9 rings (SSSR count). The Labute approximate surface area is 338 Å². The number of thiophene rings is 1. The Morgan fingerprint density at radius 3 is 1.89 bits per heavy atom. The highest BCUT2D eigenvalue weighted by Crippen LogP contribution is 2.52. The molecule has 0 saturated heterocycles. The predicted octanol–water partition coefficient (Wildman–Crippen LogP) is 12.0. The van der Waals surface area contributed by atoms with Gasteiger partial charge in [0.05, 0.1) is 24.6 Å². The number of rotatable bonds is 2. The molecule has 3 aliphatic heterocycles. The summed E-state index contributed by atoms with van der Waals surface area (Å²) < 4.78 is 15.5. The SMILES string of the molecule is Cc1cc2c3c(c1)N(c1c(C)cc4c(c1C)OCCCO4)c1c(sc4ccc(C(C)(C)C)cc14)B3c1cc(C(C)(C)C)ccc1N2c1ccc(C(C)(C)C)cc1. The largest absolute Gasteiger partial charge is 0.490 e. The minimum atomic E-state index is -0.00591. The molecule has 0 unspecified atom stereocenters. The maximum absolute atomic E-state index is 6.52. The van der Waals surface area contributed by atoms with Crippen molar-refractivity contribution in [3.05, 3.63) is 112 Å². The lowest BCUT2D eigenvalue weighted by Gasteiger charge is -2.44. The molecule has 0 saturated carbocycles. The molecule has 0 atom stereocenters. The van der Waals surface area contributed by atoms with Gasteiger partial charge in [0.25, 0.3) is 6.71 Å². The van der Waals surface area contributed by atoms with Gasteiger partial charge in [0.15, 0.2) is 11.5 Å². The molecule has 6 aromatic rings. The fourth-order valence-electron chi connectivity index (χ4n) is 9.14. The van der Waals surface area contributed by atoms with Gasteiger partial charge in [-0.05, 0) is 124 Å². The maximum Gasteiger partial charge on any atom is 0.264 e. The van der Waals surface area contributed by atoms with Crippen LogP contribution in [0.1, 0.15) is 102 Å². The summed E-state index contributed by atoms with van der Waals surface area (Å²) in [6, 6.07) is 30.8. The van der Waals surface area contributed by atoms with Crippen molar-refractivity contribution in [2.75, 3.05) is 23.0 Å². The summed E-state index contributed by atoms with van der Waals surface area (Å²) >= 11 is 1.97. The third-order valence-electron chi connectivity index (χ3n) is 12.2. The summed E-state index contributed by atoms with van der Waals surface area (Å²) in [4.78, 5) is 5.15. The van der Waals surface area contributed by atoms with E-state index in [0.717, 1.165) is 23.5 Å². The summed E-state index contributed by atoms with van der Waals surface area (Å²) in [6.07, 6.45) is 0.872. The van der Waals surface area contributed by atoms with Crippen LogP contribution in [0.2, 0.25) is 0 Å². The average Bonchev–Trinajstić information content (AvgIpc) is 3.33. The summed E-state index contributed by atoms with van der Waals surface area (Å²) in [5, 5.41) is 1.31. The van der Waals surface area contributed by atoms with Gasteiger partial charge in [0.1, 0.15) is 0 Å². The van der Waals surface area contributed by atoms with Gasteiger partial charge < -0.3 is 19.3 Å². The quantitative estimate of drug-likeness (QED) is 0.164. The van der Waals surface area contributed by atoms with Gasteiger partial charge in [-0.2, -0.15) is 0 Å². The molecule has 1 aromatic heterocycles. The van der Waals surface area contributed by atoms with E-state index >= 15 is 0 Å². The molecule has 4 heterocycles. The highest BCUT2D eigenvalue weighted by atomic mass is 32.1. The van der Waals surface area contributed by atoms with E-state index in [9.17, 15) is 0 Å². The molecule has 0 bridgehead atoms. The van der Waals surface area contributed by atoms with Crippen molar-refractivity contribution in [3.63, 3.8) is 0 Å².